The topological polar surface area (TPSA) is 46.8 Å². The van der Waals surface area contributed by atoms with Crippen LogP contribution in [0.1, 0.15) is 39.1 Å². The number of nitrogens with zero attached hydrogens (tertiary/aromatic N) is 5. The predicted molar refractivity (Wildman–Crippen MR) is 93.9 cm³/mol. The Morgan fingerprint density at radius 1 is 1.17 bits per heavy atom. The maximum atomic E-state index is 4.22. The largest absolute Gasteiger partial charge is 0.303 e. The van der Waals surface area contributed by atoms with Crippen LogP contribution in [0.5, 0.6) is 0 Å². The smallest absolute Gasteiger partial charge is 0.182 e. The highest BCUT2D eigenvalue weighted by atomic mass is 15.5. The van der Waals surface area contributed by atoms with Gasteiger partial charge in [-0.25, -0.2) is 4.68 Å². The average Bonchev–Trinajstić information content (AvgIpc) is 2.97. The second-order valence-electron chi connectivity index (χ2n) is 6.50. The number of tetrazole rings is 1. The second-order valence-corrected chi connectivity index (χ2v) is 6.50. The lowest BCUT2D eigenvalue weighted by Gasteiger charge is -2.29. The maximum absolute atomic E-state index is 4.22. The third-order valence-electron chi connectivity index (χ3n) is 4.01. The van der Waals surface area contributed by atoms with Crippen LogP contribution in [0, 0.1) is 5.41 Å². The van der Waals surface area contributed by atoms with Gasteiger partial charge in [-0.2, -0.15) is 0 Å². The van der Waals surface area contributed by atoms with Crippen LogP contribution < -0.4 is 0 Å². The summed E-state index contributed by atoms with van der Waals surface area (Å²) in [6, 6.07) is 10.3. The van der Waals surface area contributed by atoms with E-state index < -0.39 is 0 Å². The third kappa shape index (κ3) is 4.48. The Kier molecular flexibility index (Phi) is 5.66. The van der Waals surface area contributed by atoms with Gasteiger partial charge in [-0.15, -0.1) is 5.10 Å². The van der Waals surface area contributed by atoms with Crippen LogP contribution in [0.15, 0.2) is 36.4 Å². The lowest BCUT2D eigenvalue weighted by molar-refractivity contribution is 0.229. The van der Waals surface area contributed by atoms with Gasteiger partial charge in [-0.3, -0.25) is 0 Å². The van der Waals surface area contributed by atoms with Crippen molar-refractivity contribution in [3.63, 3.8) is 0 Å². The molecule has 0 spiro atoms. The monoisotopic (exact) mass is 313 g/mol. The highest BCUT2D eigenvalue weighted by Gasteiger charge is 2.22. The Bertz CT molecular complexity index is 638. The van der Waals surface area contributed by atoms with E-state index in [0.717, 1.165) is 36.6 Å². The van der Waals surface area contributed by atoms with Crippen molar-refractivity contribution >= 4 is 5.57 Å². The Balaban J connectivity index is 2.43. The van der Waals surface area contributed by atoms with Crippen LogP contribution in [0.25, 0.3) is 5.57 Å². The molecule has 1 aromatic heterocycles. The van der Waals surface area contributed by atoms with Gasteiger partial charge in [0.25, 0.3) is 0 Å². The number of hydrogen-bond acceptors (Lipinski definition) is 4. The SMILES string of the molecule is CCN(CC)CC(C)(C)/C=C(\c1ccccc1)c1nnnn1C. The zero-order valence-electron chi connectivity index (χ0n) is 14.8. The first-order chi connectivity index (χ1) is 11.0. The van der Waals surface area contributed by atoms with E-state index >= 15 is 0 Å². The molecule has 1 aromatic carbocycles. The Labute approximate surface area is 139 Å². The quantitative estimate of drug-likeness (QED) is 0.788. The molecule has 1 heterocycles. The van der Waals surface area contributed by atoms with Gasteiger partial charge in [0.15, 0.2) is 5.82 Å². The van der Waals surface area contributed by atoms with Crippen molar-refractivity contribution in [2.75, 3.05) is 19.6 Å². The van der Waals surface area contributed by atoms with Crippen molar-refractivity contribution in [2.24, 2.45) is 12.5 Å². The molecule has 0 atom stereocenters. The molecule has 0 aliphatic rings. The summed E-state index contributed by atoms with van der Waals surface area (Å²) in [5, 5.41) is 12.0. The van der Waals surface area contributed by atoms with Crippen LogP contribution >= 0.6 is 0 Å². The van der Waals surface area contributed by atoms with Gasteiger partial charge in [-0.1, -0.05) is 64.1 Å². The number of aromatic nitrogens is 4. The van der Waals surface area contributed by atoms with E-state index in [2.05, 4.69) is 66.3 Å². The molecule has 0 amide bonds. The first-order valence-corrected chi connectivity index (χ1v) is 8.20. The van der Waals surface area contributed by atoms with E-state index in [1.54, 1.807) is 4.68 Å². The summed E-state index contributed by atoms with van der Waals surface area (Å²) in [4.78, 5) is 2.44. The molecule has 0 N–H and O–H groups in total. The zero-order valence-corrected chi connectivity index (χ0v) is 14.8. The Morgan fingerprint density at radius 3 is 2.35 bits per heavy atom. The van der Waals surface area contributed by atoms with Crippen LogP contribution in [0.4, 0.5) is 0 Å². The molecule has 5 heteroatoms. The van der Waals surface area contributed by atoms with Gasteiger partial charge in [0.05, 0.1) is 0 Å². The normalized spacial score (nSPS) is 12.9. The molecule has 0 saturated heterocycles. The highest BCUT2D eigenvalue weighted by molar-refractivity contribution is 5.76. The predicted octanol–water partition coefficient (Wildman–Crippen LogP) is 3.01. The summed E-state index contributed by atoms with van der Waals surface area (Å²) in [5.74, 6) is 0.795. The Morgan fingerprint density at radius 2 is 1.83 bits per heavy atom. The molecule has 2 aromatic rings. The first-order valence-electron chi connectivity index (χ1n) is 8.20. The van der Waals surface area contributed by atoms with Crippen LogP contribution in [0.2, 0.25) is 0 Å². The standard InChI is InChI=1S/C18H27N5/c1-6-23(7-2)14-18(3,4)13-16(15-11-9-8-10-12-15)17-19-20-21-22(17)5/h8-13H,6-7,14H2,1-5H3/b16-13+. The minimum atomic E-state index is 0.0170. The number of benzene rings is 1. The third-order valence-corrected chi connectivity index (χ3v) is 4.01. The van der Waals surface area contributed by atoms with E-state index in [9.17, 15) is 0 Å². The van der Waals surface area contributed by atoms with Gasteiger partial charge in [0, 0.05) is 19.2 Å². The van der Waals surface area contributed by atoms with E-state index in [4.69, 9.17) is 0 Å². The number of rotatable bonds is 7. The molecule has 0 aliphatic heterocycles. The zero-order chi connectivity index (χ0) is 16.9. The van der Waals surface area contributed by atoms with E-state index in [-0.39, 0.29) is 5.41 Å². The lowest BCUT2D eigenvalue weighted by Crippen LogP contribution is -2.33. The molecule has 23 heavy (non-hydrogen) atoms. The fraction of sp³-hybridized carbons (Fsp3) is 0.500. The molecule has 0 bridgehead atoms. The van der Waals surface area contributed by atoms with E-state index in [1.165, 1.54) is 0 Å². The molecule has 0 radical (unpaired) electrons. The molecule has 2 rings (SSSR count). The van der Waals surface area contributed by atoms with Crippen LogP contribution in [-0.4, -0.2) is 44.7 Å². The molecule has 0 aliphatic carbocycles. The van der Waals surface area contributed by atoms with Crippen LogP contribution in [0.3, 0.4) is 0 Å². The van der Waals surface area contributed by atoms with Crippen LogP contribution in [-0.2, 0) is 7.05 Å². The molecule has 0 fully saturated rings. The fourth-order valence-corrected chi connectivity index (χ4v) is 2.81. The summed E-state index contributed by atoms with van der Waals surface area (Å²) in [6.07, 6.45) is 2.30. The second kappa shape index (κ2) is 7.51. The van der Waals surface area contributed by atoms with Gasteiger partial charge in [0.2, 0.25) is 0 Å². The minimum absolute atomic E-state index is 0.0170. The summed E-state index contributed by atoms with van der Waals surface area (Å²) in [7, 11) is 1.88. The van der Waals surface area contributed by atoms with Gasteiger partial charge >= 0.3 is 0 Å². The highest BCUT2D eigenvalue weighted by Crippen LogP contribution is 2.29. The van der Waals surface area contributed by atoms with Crippen molar-refractivity contribution < 1.29 is 0 Å². The minimum Gasteiger partial charge on any atom is -0.303 e. The molecule has 0 saturated carbocycles. The van der Waals surface area contributed by atoms with Crippen molar-refractivity contribution in [1.82, 2.24) is 25.1 Å². The Hall–Kier alpha value is -2.01. The summed E-state index contributed by atoms with van der Waals surface area (Å²) < 4.78 is 1.73. The molecule has 0 unspecified atom stereocenters. The van der Waals surface area contributed by atoms with Crippen molar-refractivity contribution in [3.8, 4) is 0 Å². The van der Waals surface area contributed by atoms with Crippen molar-refractivity contribution in [3.05, 3.63) is 47.8 Å². The molecular weight excluding hydrogens is 286 g/mol. The number of aryl methyl sites for hydroxylation is 1. The fourth-order valence-electron chi connectivity index (χ4n) is 2.81. The average molecular weight is 313 g/mol. The first kappa shape index (κ1) is 17.3. The number of hydrogen-bond donors (Lipinski definition) is 0. The molecule has 124 valence electrons. The van der Waals surface area contributed by atoms with E-state index in [0.29, 0.717) is 0 Å². The van der Waals surface area contributed by atoms with E-state index in [1.807, 2.05) is 25.2 Å². The summed E-state index contributed by atoms with van der Waals surface area (Å²) in [6.45, 7) is 12.0. The van der Waals surface area contributed by atoms with Gasteiger partial charge < -0.3 is 4.90 Å². The summed E-state index contributed by atoms with van der Waals surface area (Å²) >= 11 is 0. The lowest BCUT2D eigenvalue weighted by atomic mass is 9.87. The van der Waals surface area contributed by atoms with Crippen molar-refractivity contribution in [2.45, 2.75) is 27.7 Å². The summed E-state index contributed by atoms with van der Waals surface area (Å²) in [5.41, 5.74) is 2.23. The van der Waals surface area contributed by atoms with Crippen molar-refractivity contribution in [1.29, 1.82) is 0 Å². The van der Waals surface area contributed by atoms with Gasteiger partial charge in [-0.05, 0) is 34.5 Å². The van der Waals surface area contributed by atoms with Gasteiger partial charge in [0.1, 0.15) is 0 Å². The molecule has 5 nitrogen and oxygen atoms in total. The molecular formula is C18H27N5. The maximum Gasteiger partial charge on any atom is 0.182 e.